The summed E-state index contributed by atoms with van der Waals surface area (Å²) in [5.41, 5.74) is 3.52. The monoisotopic (exact) mass is 351 g/mol. The van der Waals surface area contributed by atoms with Gasteiger partial charge in [0.15, 0.2) is 11.5 Å². The van der Waals surface area contributed by atoms with E-state index in [9.17, 15) is 4.79 Å². The molecule has 3 rings (SSSR count). The first kappa shape index (κ1) is 17.6. The number of carbonyl (C=O) groups excluding carboxylic acids is 1. The maximum Gasteiger partial charge on any atom is 0.360 e. The summed E-state index contributed by atoms with van der Waals surface area (Å²) in [6, 6.07) is 11.5. The van der Waals surface area contributed by atoms with E-state index < -0.39 is 5.97 Å². The molecule has 0 fully saturated rings. The van der Waals surface area contributed by atoms with Gasteiger partial charge < -0.3 is 9.64 Å². The van der Waals surface area contributed by atoms with Crippen LogP contribution in [-0.2, 0) is 4.74 Å². The van der Waals surface area contributed by atoms with E-state index in [4.69, 9.17) is 4.74 Å². The van der Waals surface area contributed by atoms with Crippen molar-refractivity contribution in [3.63, 3.8) is 0 Å². The Balaban J connectivity index is 2.03. The van der Waals surface area contributed by atoms with Crippen molar-refractivity contribution in [1.82, 2.24) is 9.38 Å². The van der Waals surface area contributed by atoms with Crippen LogP contribution in [0.15, 0.2) is 52.8 Å². The molecule has 0 saturated heterocycles. The topological polar surface area (TPSA) is 71.6 Å². The first-order valence-electron chi connectivity index (χ1n) is 8.35. The zero-order chi connectivity index (χ0) is 18.7. The third-order valence-electron chi connectivity index (χ3n) is 3.92. The number of hydrogen-bond acceptors (Lipinski definition) is 6. The molecular formula is C19H21N5O2. The van der Waals surface area contributed by atoms with E-state index in [0.29, 0.717) is 17.2 Å². The number of fused-ring (bicyclic) bond motifs is 1. The van der Waals surface area contributed by atoms with Crippen LogP contribution in [0.25, 0.3) is 5.65 Å². The SMILES string of the molecule is CCOC(=O)c1nc2c(C)cccn2c1N=Nc1ccc(N(C)C)cc1. The molecule has 0 spiro atoms. The summed E-state index contributed by atoms with van der Waals surface area (Å²) in [6.07, 6.45) is 1.81. The molecule has 0 radical (unpaired) electrons. The number of ether oxygens (including phenoxy) is 1. The fourth-order valence-corrected chi connectivity index (χ4v) is 2.55. The molecule has 0 atom stereocenters. The smallest absolute Gasteiger partial charge is 0.360 e. The highest BCUT2D eigenvalue weighted by Gasteiger charge is 2.21. The van der Waals surface area contributed by atoms with Crippen LogP contribution in [0, 0.1) is 6.92 Å². The molecule has 7 heteroatoms. The molecule has 26 heavy (non-hydrogen) atoms. The van der Waals surface area contributed by atoms with Crippen LogP contribution in [0.5, 0.6) is 0 Å². The van der Waals surface area contributed by atoms with Crippen molar-refractivity contribution in [3.05, 3.63) is 53.9 Å². The predicted molar refractivity (Wildman–Crippen MR) is 101 cm³/mol. The number of pyridine rings is 1. The summed E-state index contributed by atoms with van der Waals surface area (Å²) in [4.78, 5) is 18.7. The molecule has 0 aliphatic heterocycles. The highest BCUT2D eigenvalue weighted by molar-refractivity contribution is 5.93. The van der Waals surface area contributed by atoms with Crippen molar-refractivity contribution in [2.24, 2.45) is 10.2 Å². The van der Waals surface area contributed by atoms with E-state index in [1.807, 2.05) is 68.5 Å². The number of esters is 1. The highest BCUT2D eigenvalue weighted by Crippen LogP contribution is 2.27. The molecule has 1 aromatic carbocycles. The van der Waals surface area contributed by atoms with Crippen molar-refractivity contribution >= 4 is 28.8 Å². The van der Waals surface area contributed by atoms with Gasteiger partial charge in [-0.15, -0.1) is 10.2 Å². The largest absolute Gasteiger partial charge is 0.461 e. The van der Waals surface area contributed by atoms with E-state index in [0.717, 1.165) is 11.3 Å². The standard InChI is InChI=1S/C19H21N5O2/c1-5-26-19(25)16-18(24-12-6-7-13(2)17(24)20-16)22-21-14-8-10-15(11-9-14)23(3)4/h6-12H,5H2,1-4H3. The van der Waals surface area contributed by atoms with Crippen LogP contribution >= 0.6 is 0 Å². The van der Waals surface area contributed by atoms with Crippen molar-refractivity contribution in [1.29, 1.82) is 0 Å². The van der Waals surface area contributed by atoms with Crippen molar-refractivity contribution in [2.75, 3.05) is 25.6 Å². The first-order chi connectivity index (χ1) is 12.5. The number of aromatic nitrogens is 2. The highest BCUT2D eigenvalue weighted by atomic mass is 16.5. The molecular weight excluding hydrogens is 330 g/mol. The van der Waals surface area contributed by atoms with E-state index in [1.165, 1.54) is 0 Å². The van der Waals surface area contributed by atoms with Gasteiger partial charge in [-0.25, -0.2) is 9.78 Å². The Kier molecular flexibility index (Phi) is 4.97. The summed E-state index contributed by atoms with van der Waals surface area (Å²) in [5.74, 6) is -0.147. The molecule has 0 bridgehead atoms. The Hall–Kier alpha value is -3.22. The van der Waals surface area contributed by atoms with Gasteiger partial charge in [0, 0.05) is 26.0 Å². The third-order valence-corrected chi connectivity index (χ3v) is 3.92. The minimum Gasteiger partial charge on any atom is -0.461 e. The number of benzene rings is 1. The Bertz CT molecular complexity index is 958. The van der Waals surface area contributed by atoms with Crippen LogP contribution in [0.3, 0.4) is 0 Å². The zero-order valence-electron chi connectivity index (χ0n) is 15.3. The fourth-order valence-electron chi connectivity index (χ4n) is 2.55. The second kappa shape index (κ2) is 7.35. The van der Waals surface area contributed by atoms with Crippen LogP contribution in [0.4, 0.5) is 17.2 Å². The molecule has 0 aliphatic rings. The normalized spacial score (nSPS) is 11.2. The van der Waals surface area contributed by atoms with E-state index >= 15 is 0 Å². The fraction of sp³-hybridized carbons (Fsp3) is 0.263. The van der Waals surface area contributed by atoms with Gasteiger partial charge in [-0.05, 0) is 49.7 Å². The third kappa shape index (κ3) is 3.42. The van der Waals surface area contributed by atoms with Gasteiger partial charge in [-0.3, -0.25) is 4.40 Å². The Morgan fingerprint density at radius 2 is 1.92 bits per heavy atom. The van der Waals surface area contributed by atoms with Gasteiger partial charge in [-0.1, -0.05) is 6.07 Å². The van der Waals surface area contributed by atoms with E-state index in [-0.39, 0.29) is 12.3 Å². The summed E-state index contributed by atoms with van der Waals surface area (Å²) in [7, 11) is 3.95. The van der Waals surface area contributed by atoms with Gasteiger partial charge in [0.25, 0.3) is 0 Å². The number of carbonyl (C=O) groups is 1. The molecule has 2 heterocycles. The second-order valence-electron chi connectivity index (χ2n) is 6.00. The molecule has 134 valence electrons. The Labute approximate surface area is 151 Å². The van der Waals surface area contributed by atoms with Crippen molar-refractivity contribution in [3.8, 4) is 0 Å². The number of rotatable bonds is 5. The van der Waals surface area contributed by atoms with Crippen LogP contribution in [0.2, 0.25) is 0 Å². The zero-order valence-corrected chi connectivity index (χ0v) is 15.3. The lowest BCUT2D eigenvalue weighted by molar-refractivity contribution is 0.0521. The maximum absolute atomic E-state index is 12.3. The summed E-state index contributed by atoms with van der Waals surface area (Å²) < 4.78 is 6.86. The number of azo groups is 1. The Morgan fingerprint density at radius 3 is 2.58 bits per heavy atom. The van der Waals surface area contributed by atoms with E-state index in [1.54, 1.807) is 11.3 Å². The van der Waals surface area contributed by atoms with Crippen molar-refractivity contribution < 1.29 is 9.53 Å². The molecule has 3 aromatic rings. The number of hydrogen-bond donors (Lipinski definition) is 0. The lowest BCUT2D eigenvalue weighted by Crippen LogP contribution is -2.07. The number of anilines is 1. The van der Waals surface area contributed by atoms with Gasteiger partial charge in [0.05, 0.1) is 12.3 Å². The van der Waals surface area contributed by atoms with Crippen LogP contribution in [-0.4, -0.2) is 36.1 Å². The Morgan fingerprint density at radius 1 is 1.19 bits per heavy atom. The molecule has 2 aromatic heterocycles. The van der Waals surface area contributed by atoms with Crippen molar-refractivity contribution in [2.45, 2.75) is 13.8 Å². The summed E-state index contributed by atoms with van der Waals surface area (Å²) >= 11 is 0. The van der Waals surface area contributed by atoms with Gasteiger partial charge in [0.1, 0.15) is 5.65 Å². The van der Waals surface area contributed by atoms with Gasteiger partial charge >= 0.3 is 5.97 Å². The van der Waals surface area contributed by atoms with Gasteiger partial charge in [0.2, 0.25) is 0 Å². The lowest BCUT2D eigenvalue weighted by Gasteiger charge is -2.11. The molecule has 0 N–H and O–H groups in total. The quantitative estimate of drug-likeness (QED) is 0.507. The first-order valence-corrected chi connectivity index (χ1v) is 8.35. The predicted octanol–water partition coefficient (Wildman–Crippen LogP) is 4.30. The molecule has 0 saturated carbocycles. The number of aryl methyl sites for hydroxylation is 1. The summed E-state index contributed by atoms with van der Waals surface area (Å²) in [6.45, 7) is 3.96. The van der Waals surface area contributed by atoms with Gasteiger partial charge in [-0.2, -0.15) is 0 Å². The molecule has 7 nitrogen and oxygen atoms in total. The number of nitrogens with zero attached hydrogens (tertiary/aromatic N) is 5. The minimum absolute atomic E-state index is 0.162. The van der Waals surface area contributed by atoms with Crippen LogP contribution in [0.1, 0.15) is 23.0 Å². The van der Waals surface area contributed by atoms with Crippen LogP contribution < -0.4 is 4.90 Å². The second-order valence-corrected chi connectivity index (χ2v) is 6.00. The van der Waals surface area contributed by atoms with E-state index in [2.05, 4.69) is 15.2 Å². The average Bonchev–Trinajstić information content (AvgIpc) is 3.00. The molecule has 0 aliphatic carbocycles. The lowest BCUT2D eigenvalue weighted by atomic mass is 10.3. The summed E-state index contributed by atoms with van der Waals surface area (Å²) in [5, 5.41) is 8.56. The maximum atomic E-state index is 12.3. The minimum atomic E-state index is -0.507. The number of imidazole rings is 1. The molecule has 0 unspecified atom stereocenters. The average molecular weight is 351 g/mol. The molecule has 0 amide bonds.